The number of carbonyl (C=O) groups is 1. The number of rotatable bonds is 7. The first-order valence-electron chi connectivity index (χ1n) is 6.07. The van der Waals surface area contributed by atoms with E-state index in [0.29, 0.717) is 0 Å². The number of hydrogen-bond donors (Lipinski definition) is 1. The molecule has 0 aromatic carbocycles. The lowest BCUT2D eigenvalue weighted by Crippen LogP contribution is -2.34. The summed E-state index contributed by atoms with van der Waals surface area (Å²) in [6.45, 7) is 9.26. The van der Waals surface area contributed by atoms with E-state index in [9.17, 15) is 13.2 Å². The summed E-state index contributed by atoms with van der Waals surface area (Å²) in [5, 5.41) is 3.06. The molecule has 5 heteroatoms. The van der Waals surface area contributed by atoms with Gasteiger partial charge in [-0.25, -0.2) is 8.42 Å². The highest BCUT2D eigenvalue weighted by Gasteiger charge is 2.28. The third-order valence-corrected chi connectivity index (χ3v) is 5.45. The molecule has 0 aromatic heterocycles. The Hall–Kier alpha value is -0.420. The molecule has 0 aliphatic rings. The molecule has 4 nitrogen and oxygen atoms in total. The highest BCUT2D eigenvalue weighted by molar-refractivity contribution is 7.92. The quantitative estimate of drug-likeness (QED) is 0.757. The normalized spacial score (nSPS) is 14.6. The van der Waals surface area contributed by atoms with Crippen LogP contribution in [0, 0.1) is 0 Å². The second-order valence-electron chi connectivity index (χ2n) is 5.41. The van der Waals surface area contributed by atoms with Crippen LogP contribution in [-0.4, -0.2) is 37.3 Å². The van der Waals surface area contributed by atoms with Gasteiger partial charge in [0, 0.05) is 12.5 Å². The molecule has 1 atom stereocenters. The van der Waals surface area contributed by atoms with Crippen molar-refractivity contribution in [2.24, 2.45) is 0 Å². The Morgan fingerprint density at radius 2 is 1.82 bits per heavy atom. The molecule has 0 aliphatic carbocycles. The maximum absolute atomic E-state index is 11.8. The van der Waals surface area contributed by atoms with Crippen LogP contribution >= 0.6 is 0 Å². The van der Waals surface area contributed by atoms with Crippen LogP contribution in [0.15, 0.2) is 0 Å². The van der Waals surface area contributed by atoms with Crippen molar-refractivity contribution in [2.75, 3.05) is 12.3 Å². The van der Waals surface area contributed by atoms with Crippen LogP contribution in [0.4, 0.5) is 0 Å². The zero-order valence-corrected chi connectivity index (χ0v) is 12.4. The molecular weight excluding hydrogens is 238 g/mol. The first kappa shape index (κ1) is 16.6. The van der Waals surface area contributed by atoms with Crippen molar-refractivity contribution in [3.05, 3.63) is 0 Å². The summed E-state index contributed by atoms with van der Waals surface area (Å²) in [4.78, 5) is 11.5. The number of carbonyl (C=O) groups excluding carboxylic acids is 1. The molecule has 0 saturated carbocycles. The SMILES string of the molecule is CCC(C)NCC(=O)CCS(=O)(=O)C(C)(C)C. The molecule has 102 valence electrons. The van der Waals surface area contributed by atoms with E-state index in [1.807, 2.05) is 13.8 Å². The zero-order valence-electron chi connectivity index (χ0n) is 11.5. The molecule has 0 heterocycles. The third kappa shape index (κ3) is 6.17. The lowest BCUT2D eigenvalue weighted by atomic mass is 10.2. The summed E-state index contributed by atoms with van der Waals surface area (Å²) in [5.74, 6) is -0.101. The average molecular weight is 263 g/mol. The zero-order chi connectivity index (χ0) is 13.7. The standard InChI is InChI=1S/C12H25NO3S/c1-6-10(2)13-9-11(14)7-8-17(15,16)12(3,4)5/h10,13H,6-9H2,1-5H3. The Bertz CT molecular complexity index is 341. The summed E-state index contributed by atoms with van der Waals surface area (Å²) in [7, 11) is -3.19. The summed E-state index contributed by atoms with van der Waals surface area (Å²) in [5.41, 5.74) is 0. The van der Waals surface area contributed by atoms with Gasteiger partial charge in [0.2, 0.25) is 0 Å². The lowest BCUT2D eigenvalue weighted by Gasteiger charge is -2.18. The van der Waals surface area contributed by atoms with E-state index in [0.717, 1.165) is 6.42 Å². The molecule has 1 N–H and O–H groups in total. The van der Waals surface area contributed by atoms with Crippen LogP contribution in [0.25, 0.3) is 0 Å². The van der Waals surface area contributed by atoms with E-state index in [1.54, 1.807) is 20.8 Å². The molecule has 0 fully saturated rings. The predicted molar refractivity (Wildman–Crippen MR) is 70.9 cm³/mol. The fraction of sp³-hybridized carbons (Fsp3) is 0.917. The van der Waals surface area contributed by atoms with Crippen molar-refractivity contribution < 1.29 is 13.2 Å². The van der Waals surface area contributed by atoms with Crippen LogP contribution in [0.2, 0.25) is 0 Å². The Balaban J connectivity index is 4.10. The highest BCUT2D eigenvalue weighted by Crippen LogP contribution is 2.16. The maximum atomic E-state index is 11.8. The van der Waals surface area contributed by atoms with Crippen LogP contribution in [0.1, 0.15) is 47.5 Å². The smallest absolute Gasteiger partial charge is 0.155 e. The van der Waals surface area contributed by atoms with E-state index in [1.165, 1.54) is 0 Å². The van der Waals surface area contributed by atoms with Crippen molar-refractivity contribution in [1.82, 2.24) is 5.32 Å². The highest BCUT2D eigenvalue weighted by atomic mass is 32.2. The van der Waals surface area contributed by atoms with Crippen molar-refractivity contribution in [3.63, 3.8) is 0 Å². The Morgan fingerprint density at radius 1 is 1.29 bits per heavy atom. The first-order valence-corrected chi connectivity index (χ1v) is 7.72. The van der Waals surface area contributed by atoms with Crippen molar-refractivity contribution in [2.45, 2.75) is 58.2 Å². The van der Waals surface area contributed by atoms with Gasteiger partial charge in [0.15, 0.2) is 9.84 Å². The topological polar surface area (TPSA) is 63.2 Å². The number of nitrogens with one attached hydrogen (secondary N) is 1. The predicted octanol–water partition coefficient (Wildman–Crippen LogP) is 1.55. The Labute approximate surface area is 105 Å². The molecule has 0 radical (unpaired) electrons. The molecule has 17 heavy (non-hydrogen) atoms. The summed E-state index contributed by atoms with van der Waals surface area (Å²) >= 11 is 0. The Morgan fingerprint density at radius 3 is 2.24 bits per heavy atom. The summed E-state index contributed by atoms with van der Waals surface area (Å²) in [6, 6.07) is 0.290. The lowest BCUT2D eigenvalue weighted by molar-refractivity contribution is -0.118. The minimum atomic E-state index is -3.19. The first-order chi connectivity index (χ1) is 7.60. The molecule has 0 bridgehead atoms. The van der Waals surface area contributed by atoms with E-state index in [2.05, 4.69) is 5.32 Å². The molecule has 0 spiro atoms. The van der Waals surface area contributed by atoms with Gasteiger partial charge < -0.3 is 5.32 Å². The van der Waals surface area contributed by atoms with E-state index < -0.39 is 14.6 Å². The van der Waals surface area contributed by atoms with Crippen LogP contribution in [0.5, 0.6) is 0 Å². The summed E-state index contributed by atoms with van der Waals surface area (Å²) < 4.78 is 22.8. The van der Waals surface area contributed by atoms with Gasteiger partial charge in [-0.1, -0.05) is 6.92 Å². The number of ketones is 1. The van der Waals surface area contributed by atoms with Crippen molar-refractivity contribution in [1.29, 1.82) is 0 Å². The van der Waals surface area contributed by atoms with Crippen LogP contribution < -0.4 is 5.32 Å². The largest absolute Gasteiger partial charge is 0.308 e. The number of sulfone groups is 1. The monoisotopic (exact) mass is 263 g/mol. The van der Waals surface area contributed by atoms with Crippen molar-refractivity contribution >= 4 is 15.6 Å². The van der Waals surface area contributed by atoms with Gasteiger partial charge in [-0.15, -0.1) is 0 Å². The van der Waals surface area contributed by atoms with Gasteiger partial charge in [0.1, 0.15) is 5.78 Å². The minimum absolute atomic E-state index is 0.0434. The summed E-state index contributed by atoms with van der Waals surface area (Å²) in [6.07, 6.45) is 1.05. The van der Waals surface area contributed by atoms with Gasteiger partial charge in [-0.3, -0.25) is 4.79 Å². The number of Topliss-reactive ketones (excluding diaryl/α,β-unsaturated/α-hetero) is 1. The van der Waals surface area contributed by atoms with Gasteiger partial charge in [-0.05, 0) is 34.1 Å². The maximum Gasteiger partial charge on any atom is 0.155 e. The molecule has 0 amide bonds. The van der Waals surface area contributed by atoms with Gasteiger partial charge in [-0.2, -0.15) is 0 Å². The minimum Gasteiger partial charge on any atom is -0.308 e. The van der Waals surface area contributed by atoms with Gasteiger partial charge >= 0.3 is 0 Å². The van der Waals surface area contributed by atoms with Crippen molar-refractivity contribution in [3.8, 4) is 0 Å². The molecule has 0 aliphatic heterocycles. The average Bonchev–Trinajstić information content (AvgIpc) is 2.21. The van der Waals surface area contributed by atoms with E-state index in [4.69, 9.17) is 0 Å². The Kier molecular flexibility index (Phi) is 6.34. The van der Waals surface area contributed by atoms with Crippen LogP contribution in [-0.2, 0) is 14.6 Å². The van der Waals surface area contributed by atoms with Gasteiger partial charge in [0.25, 0.3) is 0 Å². The second kappa shape index (κ2) is 6.50. The van der Waals surface area contributed by atoms with E-state index >= 15 is 0 Å². The number of hydrogen-bond acceptors (Lipinski definition) is 4. The van der Waals surface area contributed by atoms with E-state index in [-0.39, 0.29) is 30.5 Å². The molecular formula is C12H25NO3S. The van der Waals surface area contributed by atoms with Gasteiger partial charge in [0.05, 0.1) is 17.0 Å². The molecule has 1 unspecified atom stereocenters. The van der Waals surface area contributed by atoms with Crippen LogP contribution in [0.3, 0.4) is 0 Å². The molecule has 0 rings (SSSR count). The fourth-order valence-electron chi connectivity index (χ4n) is 1.08. The second-order valence-corrected chi connectivity index (χ2v) is 8.27. The molecule has 0 saturated heterocycles. The fourth-order valence-corrected chi connectivity index (χ4v) is 2.18. The third-order valence-electron chi connectivity index (χ3n) is 2.84. The molecule has 0 aromatic rings.